The minimum atomic E-state index is 0.0367. The molecule has 1 fully saturated rings. The largest absolute Gasteiger partial charge is 0.349 e. The number of pyridine rings is 1. The molecule has 1 amide bonds. The van der Waals surface area contributed by atoms with Gasteiger partial charge in [-0.3, -0.25) is 9.78 Å². The van der Waals surface area contributed by atoms with E-state index in [0.29, 0.717) is 6.04 Å². The first-order valence-corrected chi connectivity index (χ1v) is 7.14. The average Bonchev–Trinajstić information content (AvgIpc) is 3.01. The molecule has 1 aliphatic rings. The van der Waals surface area contributed by atoms with Crippen LogP contribution in [0.3, 0.4) is 0 Å². The maximum atomic E-state index is 12.1. The van der Waals surface area contributed by atoms with Crippen LogP contribution in [0.4, 0.5) is 0 Å². The molecule has 1 heterocycles. The third-order valence-corrected chi connectivity index (χ3v) is 3.83. The Bertz CT molecular complexity index is 572. The second-order valence-corrected chi connectivity index (χ2v) is 5.27. The van der Waals surface area contributed by atoms with E-state index in [1.807, 2.05) is 42.6 Å². The van der Waals surface area contributed by atoms with Gasteiger partial charge in [0.05, 0.1) is 0 Å². The monoisotopic (exact) mass is 266 g/mol. The van der Waals surface area contributed by atoms with Crippen LogP contribution in [0.25, 0.3) is 11.1 Å². The maximum absolute atomic E-state index is 12.1. The van der Waals surface area contributed by atoms with Crippen molar-refractivity contribution < 1.29 is 4.79 Å². The van der Waals surface area contributed by atoms with Gasteiger partial charge in [0, 0.05) is 24.0 Å². The quantitative estimate of drug-likeness (QED) is 0.925. The highest BCUT2D eigenvalue weighted by Gasteiger charge is 2.17. The molecule has 0 atom stereocenters. The molecule has 1 N–H and O–H groups in total. The van der Waals surface area contributed by atoms with Crippen LogP contribution in [0.1, 0.15) is 36.0 Å². The summed E-state index contributed by atoms with van der Waals surface area (Å²) in [5, 5.41) is 3.10. The number of nitrogens with one attached hydrogen (secondary N) is 1. The van der Waals surface area contributed by atoms with E-state index in [9.17, 15) is 4.79 Å². The van der Waals surface area contributed by atoms with Gasteiger partial charge in [0.1, 0.15) is 0 Å². The molecule has 0 saturated heterocycles. The molecule has 0 unspecified atom stereocenters. The van der Waals surface area contributed by atoms with Crippen molar-refractivity contribution in [2.24, 2.45) is 0 Å². The third kappa shape index (κ3) is 2.87. The number of benzene rings is 1. The summed E-state index contributed by atoms with van der Waals surface area (Å²) in [7, 11) is 0. The first-order chi connectivity index (χ1) is 9.83. The highest BCUT2D eigenvalue weighted by atomic mass is 16.1. The molecule has 0 aliphatic heterocycles. The van der Waals surface area contributed by atoms with Crippen molar-refractivity contribution in [1.29, 1.82) is 0 Å². The third-order valence-electron chi connectivity index (χ3n) is 3.83. The molecule has 102 valence electrons. The number of hydrogen-bond acceptors (Lipinski definition) is 2. The Morgan fingerprint density at radius 2 is 1.80 bits per heavy atom. The van der Waals surface area contributed by atoms with Gasteiger partial charge >= 0.3 is 0 Å². The van der Waals surface area contributed by atoms with Crippen LogP contribution in [0.15, 0.2) is 48.8 Å². The molecule has 3 heteroatoms. The molecule has 20 heavy (non-hydrogen) atoms. The van der Waals surface area contributed by atoms with Crippen molar-refractivity contribution in [3.05, 3.63) is 54.4 Å². The van der Waals surface area contributed by atoms with Gasteiger partial charge in [0.2, 0.25) is 0 Å². The molecule has 2 aromatic rings. The minimum Gasteiger partial charge on any atom is -0.349 e. The minimum absolute atomic E-state index is 0.0367. The lowest BCUT2D eigenvalue weighted by molar-refractivity contribution is 0.0938. The summed E-state index contributed by atoms with van der Waals surface area (Å²) in [4.78, 5) is 16.2. The highest BCUT2D eigenvalue weighted by Crippen LogP contribution is 2.20. The number of amides is 1. The number of nitrogens with zero attached hydrogens (tertiary/aromatic N) is 1. The Hall–Kier alpha value is -2.16. The van der Waals surface area contributed by atoms with E-state index in [1.54, 1.807) is 6.20 Å². The topological polar surface area (TPSA) is 42.0 Å². The zero-order valence-corrected chi connectivity index (χ0v) is 11.4. The summed E-state index contributed by atoms with van der Waals surface area (Å²) >= 11 is 0. The van der Waals surface area contributed by atoms with E-state index in [1.165, 1.54) is 12.8 Å². The molecule has 3 nitrogen and oxygen atoms in total. The van der Waals surface area contributed by atoms with Crippen LogP contribution in [0.5, 0.6) is 0 Å². The molecule has 0 bridgehead atoms. The zero-order chi connectivity index (χ0) is 13.8. The van der Waals surface area contributed by atoms with E-state index < -0.39 is 0 Å². The molecule has 1 aromatic heterocycles. The van der Waals surface area contributed by atoms with Crippen LogP contribution >= 0.6 is 0 Å². The predicted molar refractivity (Wildman–Crippen MR) is 79.4 cm³/mol. The van der Waals surface area contributed by atoms with E-state index >= 15 is 0 Å². The zero-order valence-electron chi connectivity index (χ0n) is 11.4. The first kappa shape index (κ1) is 12.9. The average molecular weight is 266 g/mol. The number of rotatable bonds is 3. The van der Waals surface area contributed by atoms with Crippen LogP contribution in [0, 0.1) is 0 Å². The fourth-order valence-corrected chi connectivity index (χ4v) is 2.69. The lowest BCUT2D eigenvalue weighted by Crippen LogP contribution is -2.32. The summed E-state index contributed by atoms with van der Waals surface area (Å²) in [6.45, 7) is 0. The molecular formula is C17H18N2O. The number of carbonyl (C=O) groups is 1. The summed E-state index contributed by atoms with van der Waals surface area (Å²) in [6, 6.07) is 12.0. The van der Waals surface area contributed by atoms with Gasteiger partial charge in [0.15, 0.2) is 0 Å². The van der Waals surface area contributed by atoms with Gasteiger partial charge in [-0.05, 0) is 42.2 Å². The maximum Gasteiger partial charge on any atom is 0.251 e. The van der Waals surface area contributed by atoms with Gasteiger partial charge in [0.25, 0.3) is 5.91 Å². The lowest BCUT2D eigenvalue weighted by Gasteiger charge is -2.12. The molecule has 1 saturated carbocycles. The number of aromatic nitrogens is 1. The molecule has 1 aromatic carbocycles. The molecular weight excluding hydrogens is 248 g/mol. The number of carbonyl (C=O) groups excluding carboxylic acids is 1. The summed E-state index contributed by atoms with van der Waals surface area (Å²) < 4.78 is 0. The predicted octanol–water partition coefficient (Wildman–Crippen LogP) is 3.42. The Morgan fingerprint density at radius 1 is 1.05 bits per heavy atom. The Labute approximate surface area is 119 Å². The van der Waals surface area contributed by atoms with Crippen molar-refractivity contribution in [2.75, 3.05) is 0 Å². The first-order valence-electron chi connectivity index (χ1n) is 7.14. The molecule has 0 radical (unpaired) electrons. The standard InChI is InChI=1S/C17H18N2O/c20-17(19-16-5-1-2-6-16)14-9-7-13(8-10-14)15-4-3-11-18-12-15/h3-4,7-12,16H,1-2,5-6H2,(H,19,20). The van der Waals surface area contributed by atoms with Crippen LogP contribution in [0.2, 0.25) is 0 Å². The Kier molecular flexibility index (Phi) is 3.77. The van der Waals surface area contributed by atoms with Gasteiger partial charge in [-0.15, -0.1) is 0 Å². The summed E-state index contributed by atoms with van der Waals surface area (Å²) in [5.74, 6) is 0.0367. The van der Waals surface area contributed by atoms with Gasteiger partial charge in [-0.2, -0.15) is 0 Å². The SMILES string of the molecule is O=C(NC1CCCC1)c1ccc(-c2cccnc2)cc1. The normalized spacial score (nSPS) is 15.2. The van der Waals surface area contributed by atoms with Gasteiger partial charge in [-0.25, -0.2) is 0 Å². The van der Waals surface area contributed by atoms with Crippen molar-refractivity contribution in [2.45, 2.75) is 31.7 Å². The second kappa shape index (κ2) is 5.87. The van der Waals surface area contributed by atoms with E-state index in [4.69, 9.17) is 0 Å². The lowest BCUT2D eigenvalue weighted by atomic mass is 10.1. The van der Waals surface area contributed by atoms with Crippen LogP contribution < -0.4 is 5.32 Å². The Morgan fingerprint density at radius 3 is 2.45 bits per heavy atom. The van der Waals surface area contributed by atoms with E-state index in [2.05, 4.69) is 10.3 Å². The molecule has 1 aliphatic carbocycles. The molecule has 3 rings (SSSR count). The smallest absolute Gasteiger partial charge is 0.251 e. The molecule has 0 spiro atoms. The second-order valence-electron chi connectivity index (χ2n) is 5.27. The van der Waals surface area contributed by atoms with E-state index in [-0.39, 0.29) is 5.91 Å². The summed E-state index contributed by atoms with van der Waals surface area (Å²) in [5.41, 5.74) is 2.87. The van der Waals surface area contributed by atoms with Crippen molar-refractivity contribution >= 4 is 5.91 Å². The van der Waals surface area contributed by atoms with Gasteiger partial charge < -0.3 is 5.32 Å². The van der Waals surface area contributed by atoms with Crippen LogP contribution in [-0.4, -0.2) is 16.9 Å². The summed E-state index contributed by atoms with van der Waals surface area (Å²) in [6.07, 6.45) is 8.26. The van der Waals surface area contributed by atoms with Crippen LogP contribution in [-0.2, 0) is 0 Å². The van der Waals surface area contributed by atoms with Crippen molar-refractivity contribution in [3.8, 4) is 11.1 Å². The van der Waals surface area contributed by atoms with Crippen molar-refractivity contribution in [1.82, 2.24) is 10.3 Å². The Balaban J connectivity index is 1.71. The van der Waals surface area contributed by atoms with Gasteiger partial charge in [-0.1, -0.05) is 31.0 Å². The fourth-order valence-electron chi connectivity index (χ4n) is 2.69. The number of hydrogen-bond donors (Lipinski definition) is 1. The van der Waals surface area contributed by atoms with E-state index in [0.717, 1.165) is 29.5 Å². The fraction of sp³-hybridized carbons (Fsp3) is 0.294. The highest BCUT2D eigenvalue weighted by molar-refractivity contribution is 5.94. The van der Waals surface area contributed by atoms with Crippen molar-refractivity contribution in [3.63, 3.8) is 0 Å².